The van der Waals surface area contributed by atoms with Crippen molar-refractivity contribution < 1.29 is 9.53 Å². The lowest BCUT2D eigenvalue weighted by Gasteiger charge is -2.19. The van der Waals surface area contributed by atoms with E-state index in [4.69, 9.17) is 10.5 Å². The number of alkyl carbamates (subject to hydrolysis) is 1. The largest absolute Gasteiger partial charge is 0.444 e. The molecule has 0 heterocycles. The third kappa shape index (κ3) is 7.93. The maximum absolute atomic E-state index is 11.6. The van der Waals surface area contributed by atoms with E-state index in [1.807, 2.05) is 46.8 Å². The molecule has 5 nitrogen and oxygen atoms in total. The van der Waals surface area contributed by atoms with Gasteiger partial charge in [0.2, 0.25) is 0 Å². The van der Waals surface area contributed by atoms with E-state index in [1.54, 1.807) is 0 Å². The van der Waals surface area contributed by atoms with Gasteiger partial charge in [-0.25, -0.2) is 9.79 Å². The van der Waals surface area contributed by atoms with E-state index in [9.17, 15) is 4.79 Å². The van der Waals surface area contributed by atoms with Crippen LogP contribution in [-0.2, 0) is 11.2 Å². The predicted molar refractivity (Wildman–Crippen MR) is 98.5 cm³/mol. The Morgan fingerprint density at radius 3 is 2.65 bits per heavy atom. The molecular formula is C17H27N3O2S. The van der Waals surface area contributed by atoms with Crippen LogP contribution in [0.4, 0.5) is 10.5 Å². The van der Waals surface area contributed by atoms with Gasteiger partial charge in [0.1, 0.15) is 5.60 Å². The Morgan fingerprint density at radius 1 is 1.39 bits per heavy atom. The fraction of sp³-hybridized carbons (Fsp3) is 0.529. The van der Waals surface area contributed by atoms with Gasteiger partial charge in [-0.2, -0.15) is 0 Å². The standard InChI is InChI=1S/C17H27N3O2S/c1-6-23-15(18)20-14-8-7-13(11-12(14)2)9-10-19-16(21)22-17(3,4)5/h7-8,11H,6,9-10H2,1-5H3,(H2,18,20)(H,19,21). The molecule has 128 valence electrons. The van der Waals surface area contributed by atoms with Crippen LogP contribution in [0.1, 0.15) is 38.8 Å². The van der Waals surface area contributed by atoms with Crippen molar-refractivity contribution in [1.82, 2.24) is 5.32 Å². The first-order valence-corrected chi connectivity index (χ1v) is 8.73. The number of rotatable bonds is 5. The summed E-state index contributed by atoms with van der Waals surface area (Å²) in [6, 6.07) is 6.03. The number of amidine groups is 1. The molecule has 0 radical (unpaired) electrons. The minimum atomic E-state index is -0.475. The molecule has 0 unspecified atom stereocenters. The van der Waals surface area contributed by atoms with Gasteiger partial charge in [0.15, 0.2) is 5.17 Å². The van der Waals surface area contributed by atoms with E-state index in [1.165, 1.54) is 11.8 Å². The molecule has 0 aromatic heterocycles. The summed E-state index contributed by atoms with van der Waals surface area (Å²) >= 11 is 1.53. The van der Waals surface area contributed by atoms with Crippen LogP contribution in [0.2, 0.25) is 0 Å². The molecule has 1 aromatic carbocycles. The van der Waals surface area contributed by atoms with Crippen molar-refractivity contribution in [3.63, 3.8) is 0 Å². The average Bonchev–Trinajstić information content (AvgIpc) is 2.40. The first-order valence-electron chi connectivity index (χ1n) is 7.74. The van der Waals surface area contributed by atoms with Gasteiger partial charge >= 0.3 is 6.09 Å². The number of carbonyl (C=O) groups excluding carboxylic acids is 1. The van der Waals surface area contributed by atoms with E-state index >= 15 is 0 Å². The van der Waals surface area contributed by atoms with Crippen LogP contribution in [0.5, 0.6) is 0 Å². The zero-order valence-corrected chi connectivity index (χ0v) is 15.4. The summed E-state index contributed by atoms with van der Waals surface area (Å²) in [5, 5.41) is 3.34. The summed E-state index contributed by atoms with van der Waals surface area (Å²) < 4.78 is 5.20. The highest BCUT2D eigenvalue weighted by Gasteiger charge is 2.15. The highest BCUT2D eigenvalue weighted by Crippen LogP contribution is 2.21. The average molecular weight is 337 g/mol. The third-order valence-electron chi connectivity index (χ3n) is 2.87. The maximum atomic E-state index is 11.6. The molecule has 3 N–H and O–H groups in total. The van der Waals surface area contributed by atoms with Gasteiger partial charge < -0.3 is 15.8 Å². The summed E-state index contributed by atoms with van der Waals surface area (Å²) in [6.45, 7) is 10.1. The van der Waals surface area contributed by atoms with Gasteiger partial charge in [0.05, 0.1) is 5.69 Å². The van der Waals surface area contributed by atoms with Crippen molar-refractivity contribution in [1.29, 1.82) is 0 Å². The lowest BCUT2D eigenvalue weighted by Crippen LogP contribution is -2.33. The number of hydrogen-bond donors (Lipinski definition) is 2. The number of hydrogen-bond acceptors (Lipinski definition) is 4. The fourth-order valence-electron chi connectivity index (χ4n) is 1.92. The summed E-state index contributed by atoms with van der Waals surface area (Å²) in [7, 11) is 0. The van der Waals surface area contributed by atoms with Gasteiger partial charge in [-0.3, -0.25) is 0 Å². The van der Waals surface area contributed by atoms with E-state index in [-0.39, 0.29) is 6.09 Å². The second-order valence-corrected chi connectivity index (χ2v) is 7.47. The molecule has 0 aliphatic carbocycles. The lowest BCUT2D eigenvalue weighted by atomic mass is 10.1. The van der Waals surface area contributed by atoms with Crippen LogP contribution < -0.4 is 11.1 Å². The first-order chi connectivity index (χ1) is 10.7. The lowest BCUT2D eigenvalue weighted by molar-refractivity contribution is 0.0528. The van der Waals surface area contributed by atoms with Gasteiger partial charge in [-0.1, -0.05) is 30.8 Å². The molecule has 0 saturated heterocycles. The van der Waals surface area contributed by atoms with E-state index in [0.717, 1.165) is 29.0 Å². The Kier molecular flexibility index (Phi) is 7.42. The van der Waals surface area contributed by atoms with Crippen LogP contribution >= 0.6 is 11.8 Å². The highest BCUT2D eigenvalue weighted by atomic mass is 32.2. The zero-order valence-electron chi connectivity index (χ0n) is 14.6. The summed E-state index contributed by atoms with van der Waals surface area (Å²) in [4.78, 5) is 16.0. The SMILES string of the molecule is CCSC(N)=Nc1ccc(CCNC(=O)OC(C)(C)C)cc1C. The van der Waals surface area contributed by atoms with Crippen molar-refractivity contribution in [3.05, 3.63) is 29.3 Å². The number of benzene rings is 1. The van der Waals surface area contributed by atoms with Crippen LogP contribution in [0.15, 0.2) is 23.2 Å². The second-order valence-electron chi connectivity index (χ2n) is 6.18. The number of nitrogens with zero attached hydrogens (tertiary/aromatic N) is 1. The van der Waals surface area contributed by atoms with Crippen LogP contribution in [0.25, 0.3) is 0 Å². The van der Waals surface area contributed by atoms with Crippen molar-refractivity contribution >= 4 is 28.7 Å². The van der Waals surface area contributed by atoms with Crippen molar-refractivity contribution in [2.24, 2.45) is 10.7 Å². The number of amides is 1. The monoisotopic (exact) mass is 337 g/mol. The minimum absolute atomic E-state index is 0.389. The molecule has 0 atom stereocenters. The normalized spacial score (nSPS) is 12.1. The highest BCUT2D eigenvalue weighted by molar-refractivity contribution is 8.13. The zero-order chi connectivity index (χ0) is 17.5. The molecule has 1 amide bonds. The summed E-state index contributed by atoms with van der Waals surface area (Å²) in [6.07, 6.45) is 0.350. The molecule has 0 aliphatic rings. The molecule has 1 rings (SSSR count). The van der Waals surface area contributed by atoms with E-state index in [0.29, 0.717) is 11.7 Å². The fourth-order valence-corrected chi connectivity index (χ4v) is 2.38. The van der Waals surface area contributed by atoms with E-state index in [2.05, 4.69) is 16.4 Å². The Morgan fingerprint density at radius 2 is 2.09 bits per heavy atom. The number of ether oxygens (including phenoxy) is 1. The maximum Gasteiger partial charge on any atom is 0.407 e. The van der Waals surface area contributed by atoms with Crippen LogP contribution in [0, 0.1) is 6.92 Å². The van der Waals surface area contributed by atoms with Gasteiger partial charge in [-0.05, 0) is 57.1 Å². The van der Waals surface area contributed by atoms with Gasteiger partial charge in [-0.15, -0.1) is 0 Å². The smallest absolute Gasteiger partial charge is 0.407 e. The second kappa shape index (κ2) is 8.82. The van der Waals surface area contributed by atoms with E-state index < -0.39 is 5.60 Å². The van der Waals surface area contributed by atoms with Gasteiger partial charge in [0.25, 0.3) is 0 Å². The number of aryl methyl sites for hydroxylation is 1. The Labute approximate surface area is 143 Å². The molecule has 0 saturated carbocycles. The number of nitrogens with one attached hydrogen (secondary N) is 1. The number of thioether (sulfide) groups is 1. The molecular weight excluding hydrogens is 310 g/mol. The molecule has 0 fully saturated rings. The quantitative estimate of drug-likeness (QED) is 0.633. The summed E-state index contributed by atoms with van der Waals surface area (Å²) in [5.74, 6) is 0.906. The van der Waals surface area contributed by atoms with Gasteiger partial charge in [0, 0.05) is 6.54 Å². The topological polar surface area (TPSA) is 76.7 Å². The summed E-state index contributed by atoms with van der Waals surface area (Å²) in [5.41, 5.74) is 8.45. The molecule has 0 aliphatic heterocycles. The van der Waals surface area contributed by atoms with Crippen LogP contribution in [0.3, 0.4) is 0 Å². The Bertz CT molecular complexity index is 565. The Hall–Kier alpha value is -1.69. The molecule has 0 bridgehead atoms. The minimum Gasteiger partial charge on any atom is -0.444 e. The Balaban J connectivity index is 2.55. The predicted octanol–water partition coefficient (Wildman–Crippen LogP) is 3.76. The van der Waals surface area contributed by atoms with Crippen molar-refractivity contribution in [3.8, 4) is 0 Å². The third-order valence-corrected chi connectivity index (χ3v) is 3.54. The number of aliphatic imine (C=N–C) groups is 1. The van der Waals surface area contributed by atoms with Crippen molar-refractivity contribution in [2.45, 2.75) is 46.6 Å². The van der Waals surface area contributed by atoms with Crippen LogP contribution in [-0.4, -0.2) is 29.2 Å². The molecule has 1 aromatic rings. The number of carbonyl (C=O) groups is 1. The number of nitrogens with two attached hydrogens (primary N) is 1. The molecule has 0 spiro atoms. The first kappa shape index (κ1) is 19.4. The van der Waals surface area contributed by atoms with Crippen molar-refractivity contribution in [2.75, 3.05) is 12.3 Å². The molecule has 23 heavy (non-hydrogen) atoms. The molecule has 6 heteroatoms.